The first-order valence-corrected chi connectivity index (χ1v) is 7.12. The zero-order valence-electron chi connectivity index (χ0n) is 11.4. The van der Waals surface area contributed by atoms with Gasteiger partial charge in [-0.15, -0.1) is 0 Å². The molecule has 2 heterocycles. The molecule has 0 aromatic heterocycles. The average Bonchev–Trinajstić information content (AvgIpc) is 2.98. The summed E-state index contributed by atoms with van der Waals surface area (Å²) in [6, 6.07) is 4.35. The average molecular weight is 283 g/mol. The number of nitrogens with zero attached hydrogens (tertiary/aromatic N) is 1. The van der Waals surface area contributed by atoms with Gasteiger partial charge < -0.3 is 9.47 Å². The van der Waals surface area contributed by atoms with E-state index in [2.05, 4.69) is 4.90 Å². The van der Waals surface area contributed by atoms with Crippen LogP contribution in [0.5, 0.6) is 0 Å². The molecule has 0 unspecified atom stereocenters. The van der Waals surface area contributed by atoms with E-state index in [0.717, 1.165) is 32.0 Å². The zero-order valence-corrected chi connectivity index (χ0v) is 11.4. The monoisotopic (exact) mass is 283 g/mol. The van der Waals surface area contributed by atoms with Gasteiger partial charge in [0.05, 0.1) is 13.2 Å². The molecule has 2 aliphatic rings. The molecule has 1 aromatic rings. The number of hydrogen-bond donors (Lipinski definition) is 0. The van der Waals surface area contributed by atoms with Crippen LogP contribution < -0.4 is 0 Å². The van der Waals surface area contributed by atoms with Crippen molar-refractivity contribution in [3.63, 3.8) is 0 Å². The van der Waals surface area contributed by atoms with E-state index in [4.69, 9.17) is 9.47 Å². The number of rotatable bonds is 3. The summed E-state index contributed by atoms with van der Waals surface area (Å²) in [5.41, 5.74) is 0.416. The van der Waals surface area contributed by atoms with Crippen molar-refractivity contribution in [3.05, 3.63) is 35.4 Å². The topological polar surface area (TPSA) is 21.7 Å². The number of piperidine rings is 1. The molecule has 1 atom stereocenters. The third-order valence-electron chi connectivity index (χ3n) is 4.00. The smallest absolute Gasteiger partial charge is 0.163 e. The van der Waals surface area contributed by atoms with Crippen LogP contribution in [0.15, 0.2) is 18.2 Å². The minimum absolute atomic E-state index is 0.129. The van der Waals surface area contributed by atoms with E-state index in [1.54, 1.807) is 12.1 Å². The lowest BCUT2D eigenvalue weighted by molar-refractivity contribution is -0.101. The molecule has 2 aliphatic heterocycles. The summed E-state index contributed by atoms with van der Waals surface area (Å²) in [6.45, 7) is 3.45. The van der Waals surface area contributed by atoms with Crippen molar-refractivity contribution in [2.24, 2.45) is 5.92 Å². The minimum atomic E-state index is -0.779. The van der Waals surface area contributed by atoms with Crippen LogP contribution in [0.4, 0.5) is 8.78 Å². The second-order valence-corrected chi connectivity index (χ2v) is 5.46. The fraction of sp³-hybridized carbons (Fsp3) is 0.600. The van der Waals surface area contributed by atoms with Gasteiger partial charge in [-0.3, -0.25) is 4.90 Å². The van der Waals surface area contributed by atoms with Gasteiger partial charge in [-0.25, -0.2) is 8.78 Å². The number of likely N-dealkylation sites (tertiary alicyclic amines) is 1. The molecule has 0 bridgehead atoms. The van der Waals surface area contributed by atoms with Crippen LogP contribution in [0.25, 0.3) is 0 Å². The lowest BCUT2D eigenvalue weighted by Gasteiger charge is -2.34. The van der Waals surface area contributed by atoms with E-state index < -0.39 is 11.6 Å². The Morgan fingerprint density at radius 1 is 1.20 bits per heavy atom. The molecule has 0 aliphatic carbocycles. The highest BCUT2D eigenvalue weighted by Gasteiger charge is 2.31. The fourth-order valence-electron chi connectivity index (χ4n) is 3.02. The molecule has 2 fully saturated rings. The molecule has 110 valence electrons. The van der Waals surface area contributed by atoms with Gasteiger partial charge in [-0.2, -0.15) is 0 Å². The van der Waals surface area contributed by atoms with Gasteiger partial charge >= 0.3 is 0 Å². The predicted octanol–water partition coefficient (Wildman–Crippen LogP) is 2.55. The molecule has 3 rings (SSSR count). The maximum Gasteiger partial charge on any atom is 0.163 e. The molecule has 0 amide bonds. The number of ether oxygens (including phenoxy) is 2. The molecular formula is C15H19F2NO2. The maximum atomic E-state index is 13.7. The van der Waals surface area contributed by atoms with Crippen LogP contribution in [0.2, 0.25) is 0 Å². The number of benzene rings is 1. The molecule has 3 nitrogen and oxygen atoms in total. The fourth-order valence-corrected chi connectivity index (χ4v) is 3.02. The quantitative estimate of drug-likeness (QED) is 0.851. The summed E-state index contributed by atoms with van der Waals surface area (Å²) in [5, 5.41) is 0. The second-order valence-electron chi connectivity index (χ2n) is 5.46. The van der Waals surface area contributed by atoms with Gasteiger partial charge in [0.1, 0.15) is 0 Å². The van der Waals surface area contributed by atoms with E-state index in [0.29, 0.717) is 31.2 Å². The van der Waals surface area contributed by atoms with E-state index in [-0.39, 0.29) is 6.29 Å². The molecular weight excluding hydrogens is 264 g/mol. The Morgan fingerprint density at radius 3 is 2.80 bits per heavy atom. The summed E-state index contributed by atoms with van der Waals surface area (Å²) in [4.78, 5) is 2.15. The van der Waals surface area contributed by atoms with Gasteiger partial charge in [0.15, 0.2) is 17.9 Å². The largest absolute Gasteiger partial charge is 0.350 e. The highest BCUT2D eigenvalue weighted by atomic mass is 19.2. The van der Waals surface area contributed by atoms with E-state index in [1.807, 2.05) is 0 Å². The molecule has 2 saturated heterocycles. The molecule has 0 saturated carbocycles. The zero-order chi connectivity index (χ0) is 13.9. The first-order valence-electron chi connectivity index (χ1n) is 7.12. The predicted molar refractivity (Wildman–Crippen MR) is 70.1 cm³/mol. The number of halogens is 2. The molecule has 20 heavy (non-hydrogen) atoms. The Morgan fingerprint density at radius 2 is 2.00 bits per heavy atom. The SMILES string of the molecule is Fc1cccc(CN2CCC[C@@H](C3OCCO3)C2)c1F. The van der Waals surface area contributed by atoms with Gasteiger partial charge in [-0.1, -0.05) is 12.1 Å². The van der Waals surface area contributed by atoms with Crippen molar-refractivity contribution in [1.82, 2.24) is 4.90 Å². The molecule has 5 heteroatoms. The third kappa shape index (κ3) is 3.00. The summed E-state index contributed by atoms with van der Waals surface area (Å²) in [5.74, 6) is -1.19. The maximum absolute atomic E-state index is 13.7. The van der Waals surface area contributed by atoms with Crippen molar-refractivity contribution >= 4 is 0 Å². The van der Waals surface area contributed by atoms with Gasteiger partial charge in [0.2, 0.25) is 0 Å². The van der Waals surface area contributed by atoms with E-state index in [9.17, 15) is 8.78 Å². The van der Waals surface area contributed by atoms with Crippen molar-refractivity contribution in [2.75, 3.05) is 26.3 Å². The standard InChI is InChI=1S/C15H19F2NO2/c16-13-5-1-3-11(14(13)17)9-18-6-2-4-12(10-18)15-19-7-8-20-15/h1,3,5,12,15H,2,4,6-10H2/t12-/m1/s1. The van der Waals surface area contributed by atoms with Crippen molar-refractivity contribution in [1.29, 1.82) is 0 Å². The Balaban J connectivity index is 1.63. The Hall–Kier alpha value is -1.04. The normalized spacial score (nSPS) is 25.2. The molecule has 0 N–H and O–H groups in total. The lowest BCUT2D eigenvalue weighted by atomic mass is 9.97. The van der Waals surface area contributed by atoms with Crippen molar-refractivity contribution < 1.29 is 18.3 Å². The summed E-state index contributed by atoms with van der Waals surface area (Å²) >= 11 is 0. The van der Waals surface area contributed by atoms with Gasteiger partial charge in [0, 0.05) is 24.6 Å². The first kappa shape index (κ1) is 13.9. The minimum Gasteiger partial charge on any atom is -0.350 e. The van der Waals surface area contributed by atoms with Crippen LogP contribution in [-0.4, -0.2) is 37.5 Å². The molecule has 1 aromatic carbocycles. The Bertz CT molecular complexity index is 463. The summed E-state index contributed by atoms with van der Waals surface area (Å²) < 4.78 is 38.0. The van der Waals surface area contributed by atoms with Crippen molar-refractivity contribution in [3.8, 4) is 0 Å². The highest BCUT2D eigenvalue weighted by molar-refractivity contribution is 5.18. The highest BCUT2D eigenvalue weighted by Crippen LogP contribution is 2.26. The van der Waals surface area contributed by atoms with Gasteiger partial charge in [0.25, 0.3) is 0 Å². The third-order valence-corrected chi connectivity index (χ3v) is 4.00. The van der Waals surface area contributed by atoms with Gasteiger partial charge in [-0.05, 0) is 25.5 Å². The molecule has 0 spiro atoms. The van der Waals surface area contributed by atoms with Crippen LogP contribution in [0.3, 0.4) is 0 Å². The molecule has 0 radical (unpaired) electrons. The van der Waals surface area contributed by atoms with E-state index >= 15 is 0 Å². The van der Waals surface area contributed by atoms with E-state index in [1.165, 1.54) is 0 Å². The lowest BCUT2D eigenvalue weighted by Crippen LogP contribution is -2.40. The first-order chi connectivity index (χ1) is 9.74. The number of hydrogen-bond acceptors (Lipinski definition) is 3. The summed E-state index contributed by atoms with van der Waals surface area (Å²) in [7, 11) is 0. The van der Waals surface area contributed by atoms with Crippen LogP contribution in [0.1, 0.15) is 18.4 Å². The van der Waals surface area contributed by atoms with Crippen LogP contribution >= 0.6 is 0 Å². The van der Waals surface area contributed by atoms with Crippen molar-refractivity contribution in [2.45, 2.75) is 25.7 Å². The van der Waals surface area contributed by atoms with Crippen LogP contribution in [-0.2, 0) is 16.0 Å². The second kappa shape index (κ2) is 6.16. The Kier molecular flexibility index (Phi) is 4.29. The van der Waals surface area contributed by atoms with Crippen LogP contribution in [0, 0.1) is 17.6 Å². The summed E-state index contributed by atoms with van der Waals surface area (Å²) in [6.07, 6.45) is 1.97. The Labute approximate surface area is 117 Å².